The van der Waals surface area contributed by atoms with Gasteiger partial charge < -0.3 is 15.5 Å². The van der Waals surface area contributed by atoms with Crippen molar-refractivity contribution in [3.63, 3.8) is 0 Å². The van der Waals surface area contributed by atoms with E-state index >= 15 is 0 Å². The molecule has 112 valence electrons. The van der Waals surface area contributed by atoms with E-state index in [1.54, 1.807) is 7.05 Å². The second kappa shape index (κ2) is 7.59. The number of likely N-dealkylation sites (N-methyl/N-ethyl adjacent to an activating group) is 1. The second-order valence-electron chi connectivity index (χ2n) is 4.47. The van der Waals surface area contributed by atoms with Gasteiger partial charge in [-0.2, -0.15) is 4.98 Å². The van der Waals surface area contributed by atoms with Crippen LogP contribution in [0.4, 0.5) is 17.5 Å². The first-order chi connectivity index (χ1) is 9.51. The lowest BCUT2D eigenvalue weighted by molar-refractivity contribution is -0.384. The van der Waals surface area contributed by atoms with Crippen LogP contribution in [0.3, 0.4) is 0 Å². The van der Waals surface area contributed by atoms with Crippen LogP contribution in [0.25, 0.3) is 0 Å². The third kappa shape index (κ3) is 4.30. The number of nitro groups is 1. The smallest absolute Gasteiger partial charge is 0.329 e. The fraction of sp³-hybridized carbons (Fsp3) is 0.667. The number of anilines is 2. The normalized spacial score (nSPS) is 12.2. The number of hydrogen-bond donors (Lipinski definition) is 2. The summed E-state index contributed by atoms with van der Waals surface area (Å²) in [5.74, 6) is 0.599. The summed E-state index contributed by atoms with van der Waals surface area (Å²) in [6, 6.07) is 0.0493. The van der Waals surface area contributed by atoms with Gasteiger partial charge in [-0.15, -0.1) is 0 Å². The number of aromatic nitrogens is 2. The molecular formula is C12H22N6O2. The van der Waals surface area contributed by atoms with E-state index in [4.69, 9.17) is 0 Å². The van der Waals surface area contributed by atoms with Crippen LogP contribution in [0.2, 0.25) is 0 Å². The summed E-state index contributed by atoms with van der Waals surface area (Å²) in [6.07, 6.45) is 1.21. The molecule has 20 heavy (non-hydrogen) atoms. The lowest BCUT2D eigenvalue weighted by Gasteiger charge is -2.23. The average Bonchev–Trinajstić information content (AvgIpc) is 2.44. The summed E-state index contributed by atoms with van der Waals surface area (Å²) < 4.78 is 0. The van der Waals surface area contributed by atoms with Gasteiger partial charge in [0.1, 0.15) is 6.20 Å². The molecule has 2 N–H and O–H groups in total. The van der Waals surface area contributed by atoms with Gasteiger partial charge in [0.2, 0.25) is 11.8 Å². The molecule has 0 amide bonds. The van der Waals surface area contributed by atoms with Gasteiger partial charge in [0.15, 0.2) is 0 Å². The van der Waals surface area contributed by atoms with Crippen LogP contribution >= 0.6 is 0 Å². The van der Waals surface area contributed by atoms with Crippen molar-refractivity contribution >= 4 is 17.5 Å². The van der Waals surface area contributed by atoms with E-state index in [0.29, 0.717) is 5.95 Å². The first-order valence-corrected chi connectivity index (χ1v) is 6.69. The highest BCUT2D eigenvalue weighted by Crippen LogP contribution is 2.22. The molecule has 0 aliphatic heterocycles. The molecule has 0 aromatic carbocycles. The van der Waals surface area contributed by atoms with E-state index in [0.717, 1.165) is 19.6 Å². The lowest BCUT2D eigenvalue weighted by Crippen LogP contribution is -2.35. The largest absolute Gasteiger partial charge is 0.360 e. The summed E-state index contributed by atoms with van der Waals surface area (Å²) in [5, 5.41) is 16.9. The highest BCUT2D eigenvalue weighted by atomic mass is 16.6. The Balaban J connectivity index is 2.86. The van der Waals surface area contributed by atoms with Crippen molar-refractivity contribution in [1.29, 1.82) is 0 Å². The van der Waals surface area contributed by atoms with Crippen molar-refractivity contribution in [2.24, 2.45) is 0 Å². The van der Waals surface area contributed by atoms with Gasteiger partial charge >= 0.3 is 5.69 Å². The van der Waals surface area contributed by atoms with Crippen LogP contribution in [-0.2, 0) is 0 Å². The van der Waals surface area contributed by atoms with Gasteiger partial charge in [0.05, 0.1) is 4.92 Å². The summed E-state index contributed by atoms with van der Waals surface area (Å²) in [7, 11) is 1.67. The van der Waals surface area contributed by atoms with Gasteiger partial charge in [0, 0.05) is 19.6 Å². The van der Waals surface area contributed by atoms with Crippen molar-refractivity contribution in [1.82, 2.24) is 14.9 Å². The molecule has 1 rings (SSSR count). The quantitative estimate of drug-likeness (QED) is 0.551. The fourth-order valence-electron chi connectivity index (χ4n) is 1.88. The van der Waals surface area contributed by atoms with Gasteiger partial charge in [-0.1, -0.05) is 13.8 Å². The first-order valence-electron chi connectivity index (χ1n) is 6.69. The highest BCUT2D eigenvalue weighted by Gasteiger charge is 2.19. The number of hydrogen-bond acceptors (Lipinski definition) is 7. The Labute approximate surface area is 118 Å². The molecule has 0 saturated carbocycles. The van der Waals surface area contributed by atoms with Gasteiger partial charge in [0.25, 0.3) is 0 Å². The molecule has 1 atom stereocenters. The zero-order chi connectivity index (χ0) is 15.1. The number of rotatable bonds is 8. The van der Waals surface area contributed by atoms with Crippen LogP contribution in [0, 0.1) is 10.1 Å². The molecule has 0 saturated heterocycles. The maximum absolute atomic E-state index is 11.0. The fourth-order valence-corrected chi connectivity index (χ4v) is 1.88. The Kier molecular flexibility index (Phi) is 6.10. The third-order valence-electron chi connectivity index (χ3n) is 3.00. The molecule has 1 heterocycles. The minimum atomic E-state index is -0.480. The van der Waals surface area contributed by atoms with Crippen molar-refractivity contribution in [3.05, 3.63) is 16.3 Å². The first kappa shape index (κ1) is 16.1. The van der Waals surface area contributed by atoms with Crippen molar-refractivity contribution in [2.75, 3.05) is 37.3 Å². The van der Waals surface area contributed by atoms with Crippen molar-refractivity contribution < 1.29 is 4.92 Å². The zero-order valence-electron chi connectivity index (χ0n) is 12.4. The Bertz CT molecular complexity index is 450. The molecule has 0 spiro atoms. The Hall–Kier alpha value is -1.96. The minimum absolute atomic E-state index is 0.0493. The number of nitrogens with zero attached hydrogens (tertiary/aromatic N) is 4. The van der Waals surface area contributed by atoms with Crippen LogP contribution in [-0.4, -0.2) is 52.5 Å². The monoisotopic (exact) mass is 282 g/mol. The Morgan fingerprint density at radius 3 is 2.60 bits per heavy atom. The number of nitrogens with one attached hydrogen (secondary N) is 2. The Morgan fingerprint density at radius 1 is 1.45 bits per heavy atom. The molecule has 1 aromatic rings. The second-order valence-corrected chi connectivity index (χ2v) is 4.47. The van der Waals surface area contributed by atoms with Gasteiger partial charge in [-0.05, 0) is 20.0 Å². The molecule has 8 nitrogen and oxygen atoms in total. The van der Waals surface area contributed by atoms with Crippen LogP contribution in [0.1, 0.15) is 20.8 Å². The molecule has 1 aromatic heterocycles. The van der Waals surface area contributed by atoms with E-state index in [1.165, 1.54) is 6.20 Å². The van der Waals surface area contributed by atoms with Gasteiger partial charge in [-0.25, -0.2) is 4.98 Å². The van der Waals surface area contributed by atoms with Crippen molar-refractivity contribution in [2.45, 2.75) is 26.8 Å². The molecule has 0 fully saturated rings. The SMILES string of the molecule is CCN(CC)CC(C)Nc1nc(NC)ncc1[N+](=O)[O-]. The van der Waals surface area contributed by atoms with E-state index in [1.807, 2.05) is 6.92 Å². The maximum atomic E-state index is 11.0. The topological polar surface area (TPSA) is 96.2 Å². The Morgan fingerprint density at radius 2 is 2.10 bits per heavy atom. The van der Waals surface area contributed by atoms with E-state index < -0.39 is 4.92 Å². The molecule has 8 heteroatoms. The highest BCUT2D eigenvalue weighted by molar-refractivity contribution is 5.57. The maximum Gasteiger partial charge on any atom is 0.329 e. The molecule has 0 bridgehead atoms. The molecule has 0 radical (unpaired) electrons. The predicted octanol–water partition coefficient (Wildman–Crippen LogP) is 1.57. The summed E-state index contributed by atoms with van der Waals surface area (Å²) in [5.41, 5.74) is -0.115. The molecule has 0 aliphatic rings. The molecule has 1 unspecified atom stereocenters. The summed E-state index contributed by atoms with van der Waals surface area (Å²) >= 11 is 0. The summed E-state index contributed by atoms with van der Waals surface area (Å²) in [4.78, 5) is 20.7. The van der Waals surface area contributed by atoms with Crippen molar-refractivity contribution in [3.8, 4) is 0 Å². The van der Waals surface area contributed by atoms with E-state index in [2.05, 4.69) is 39.3 Å². The van der Waals surface area contributed by atoms with E-state index in [9.17, 15) is 10.1 Å². The zero-order valence-corrected chi connectivity index (χ0v) is 12.4. The third-order valence-corrected chi connectivity index (χ3v) is 3.00. The van der Waals surface area contributed by atoms with E-state index in [-0.39, 0.29) is 17.5 Å². The molecular weight excluding hydrogens is 260 g/mol. The lowest BCUT2D eigenvalue weighted by atomic mass is 10.3. The summed E-state index contributed by atoms with van der Waals surface area (Å²) in [6.45, 7) is 8.82. The molecule has 0 aliphatic carbocycles. The van der Waals surface area contributed by atoms with Crippen LogP contribution in [0.15, 0.2) is 6.20 Å². The minimum Gasteiger partial charge on any atom is -0.360 e. The average molecular weight is 282 g/mol. The van der Waals surface area contributed by atoms with Gasteiger partial charge in [-0.3, -0.25) is 10.1 Å². The van der Waals surface area contributed by atoms with Crippen LogP contribution < -0.4 is 10.6 Å². The standard InChI is InChI=1S/C12H22N6O2/c1-5-17(6-2)8-9(3)15-11-10(18(19)20)7-14-12(13-4)16-11/h7,9H,5-6,8H2,1-4H3,(H2,13,14,15,16). The van der Waals surface area contributed by atoms with Crippen LogP contribution in [0.5, 0.6) is 0 Å². The predicted molar refractivity (Wildman–Crippen MR) is 79.1 cm³/mol.